The molecule has 2 heterocycles. The maximum atomic E-state index is 12.7. The van der Waals surface area contributed by atoms with Crippen molar-refractivity contribution in [3.8, 4) is 11.6 Å². The van der Waals surface area contributed by atoms with Gasteiger partial charge in [-0.2, -0.15) is 5.10 Å². The fourth-order valence-electron chi connectivity index (χ4n) is 3.03. The molecule has 3 aromatic rings. The van der Waals surface area contributed by atoms with E-state index in [2.05, 4.69) is 41.0 Å². The summed E-state index contributed by atoms with van der Waals surface area (Å²) in [6.45, 7) is 8.35. The zero-order valence-corrected chi connectivity index (χ0v) is 20.2. The van der Waals surface area contributed by atoms with Gasteiger partial charge in [-0.05, 0) is 52.0 Å². The third-order valence-electron chi connectivity index (χ3n) is 4.27. The van der Waals surface area contributed by atoms with Crippen LogP contribution in [0, 0.1) is 20.8 Å². The lowest BCUT2D eigenvalue weighted by molar-refractivity contribution is 0.331. The minimum Gasteiger partial charge on any atom is -0.492 e. The van der Waals surface area contributed by atoms with Gasteiger partial charge in [0.15, 0.2) is 5.82 Å². The minimum absolute atomic E-state index is 0.0911. The van der Waals surface area contributed by atoms with Crippen molar-refractivity contribution < 1.29 is 13.2 Å². The second-order valence-electron chi connectivity index (χ2n) is 6.85. The Hall–Kier alpha value is -2.50. The van der Waals surface area contributed by atoms with Crippen molar-refractivity contribution in [1.82, 2.24) is 24.5 Å². The second kappa shape index (κ2) is 9.75. The molecule has 11 heteroatoms. The number of halogens is 1. The van der Waals surface area contributed by atoms with Crippen LogP contribution in [0.3, 0.4) is 0 Å². The van der Waals surface area contributed by atoms with Crippen molar-refractivity contribution in [2.75, 3.05) is 25.0 Å². The molecule has 0 aliphatic rings. The van der Waals surface area contributed by atoms with E-state index in [9.17, 15) is 8.42 Å². The highest BCUT2D eigenvalue weighted by Gasteiger charge is 2.19. The summed E-state index contributed by atoms with van der Waals surface area (Å²) in [7, 11) is -3.74. The highest BCUT2D eigenvalue weighted by atomic mass is 79.9. The standard InChI is InChI=1S/C20H25BrN6O3S/c1-5-30-17-7-6-16(21)11-18(17)31(28,29)23-9-8-22-19-12-20(25-15(4)24-19)27-14(3)10-13(2)26-27/h6-7,10-12,23H,5,8-9H2,1-4H3,(H,22,24,25). The molecule has 9 nitrogen and oxygen atoms in total. The highest BCUT2D eigenvalue weighted by molar-refractivity contribution is 9.10. The molecule has 2 N–H and O–H groups in total. The molecule has 3 rings (SSSR count). The van der Waals surface area contributed by atoms with E-state index < -0.39 is 10.0 Å². The number of sulfonamides is 1. The van der Waals surface area contributed by atoms with Crippen LogP contribution in [0.25, 0.3) is 5.82 Å². The number of anilines is 1. The van der Waals surface area contributed by atoms with E-state index in [4.69, 9.17) is 4.74 Å². The highest BCUT2D eigenvalue weighted by Crippen LogP contribution is 2.27. The molecule has 0 amide bonds. The van der Waals surface area contributed by atoms with Crippen molar-refractivity contribution >= 4 is 31.8 Å². The van der Waals surface area contributed by atoms with E-state index in [-0.39, 0.29) is 11.4 Å². The first-order valence-electron chi connectivity index (χ1n) is 9.75. The van der Waals surface area contributed by atoms with E-state index in [1.54, 1.807) is 36.7 Å². The minimum atomic E-state index is -3.74. The Balaban J connectivity index is 1.67. The Morgan fingerprint density at radius 3 is 2.55 bits per heavy atom. The monoisotopic (exact) mass is 508 g/mol. The van der Waals surface area contributed by atoms with Gasteiger partial charge in [-0.1, -0.05) is 15.9 Å². The first-order chi connectivity index (χ1) is 14.7. The average Bonchev–Trinajstić information content (AvgIpc) is 3.04. The van der Waals surface area contributed by atoms with Crippen LogP contribution < -0.4 is 14.8 Å². The summed E-state index contributed by atoms with van der Waals surface area (Å²) in [5.74, 6) is 2.14. The summed E-state index contributed by atoms with van der Waals surface area (Å²) in [6.07, 6.45) is 0. The van der Waals surface area contributed by atoms with Gasteiger partial charge in [0.25, 0.3) is 0 Å². The SMILES string of the molecule is CCOc1ccc(Br)cc1S(=O)(=O)NCCNc1cc(-n2nc(C)cc2C)nc(C)n1. The molecule has 1 aromatic carbocycles. The van der Waals surface area contributed by atoms with Gasteiger partial charge in [0, 0.05) is 29.3 Å². The molecular weight excluding hydrogens is 484 g/mol. The Labute approximate surface area is 190 Å². The number of aromatic nitrogens is 4. The van der Waals surface area contributed by atoms with E-state index in [0.717, 1.165) is 11.4 Å². The topological polar surface area (TPSA) is 111 Å². The van der Waals surface area contributed by atoms with Gasteiger partial charge in [0.1, 0.15) is 22.3 Å². The maximum Gasteiger partial charge on any atom is 0.244 e. The molecule has 0 spiro atoms. The zero-order valence-electron chi connectivity index (χ0n) is 17.8. The summed E-state index contributed by atoms with van der Waals surface area (Å²) in [6, 6.07) is 8.64. The second-order valence-corrected chi connectivity index (χ2v) is 9.50. The smallest absolute Gasteiger partial charge is 0.244 e. The number of benzene rings is 1. The fraction of sp³-hybridized carbons (Fsp3) is 0.350. The molecule has 166 valence electrons. The van der Waals surface area contributed by atoms with Crippen molar-refractivity contribution in [1.29, 1.82) is 0 Å². The summed E-state index contributed by atoms with van der Waals surface area (Å²) in [5.41, 5.74) is 1.87. The number of aryl methyl sites for hydroxylation is 3. The molecule has 0 fully saturated rings. The number of rotatable bonds is 9. The lowest BCUT2D eigenvalue weighted by Gasteiger charge is -2.13. The zero-order chi connectivity index (χ0) is 22.6. The van der Waals surface area contributed by atoms with Gasteiger partial charge in [0.05, 0.1) is 12.3 Å². The van der Waals surface area contributed by atoms with Crippen molar-refractivity contribution in [2.24, 2.45) is 0 Å². The van der Waals surface area contributed by atoms with Crippen LogP contribution in [0.5, 0.6) is 5.75 Å². The molecule has 0 atom stereocenters. The predicted octanol–water partition coefficient (Wildman–Crippen LogP) is 3.14. The van der Waals surface area contributed by atoms with E-state index in [1.165, 1.54) is 6.07 Å². The summed E-state index contributed by atoms with van der Waals surface area (Å²) >= 11 is 3.31. The van der Waals surface area contributed by atoms with E-state index >= 15 is 0 Å². The van der Waals surface area contributed by atoms with Gasteiger partial charge in [-0.25, -0.2) is 27.8 Å². The molecule has 0 saturated carbocycles. The fourth-order valence-corrected chi connectivity index (χ4v) is 4.75. The molecule has 31 heavy (non-hydrogen) atoms. The first-order valence-corrected chi connectivity index (χ1v) is 12.0. The lowest BCUT2D eigenvalue weighted by atomic mass is 10.3. The van der Waals surface area contributed by atoms with Crippen LogP contribution in [0.2, 0.25) is 0 Å². The van der Waals surface area contributed by atoms with Crippen LogP contribution in [0.4, 0.5) is 5.82 Å². The Morgan fingerprint density at radius 2 is 1.87 bits per heavy atom. The lowest BCUT2D eigenvalue weighted by Crippen LogP contribution is -2.29. The largest absolute Gasteiger partial charge is 0.492 e. The summed E-state index contributed by atoms with van der Waals surface area (Å²) in [4.78, 5) is 8.90. The normalized spacial score (nSPS) is 11.5. The predicted molar refractivity (Wildman–Crippen MR) is 122 cm³/mol. The molecule has 0 aliphatic carbocycles. The molecule has 0 aliphatic heterocycles. The Bertz CT molecular complexity index is 1180. The quantitative estimate of drug-likeness (QED) is 0.427. The number of ether oxygens (including phenoxy) is 1. The van der Waals surface area contributed by atoms with Crippen molar-refractivity contribution in [3.05, 3.63) is 52.0 Å². The number of nitrogens with zero attached hydrogens (tertiary/aromatic N) is 4. The first kappa shape index (κ1) is 23.2. The van der Waals surface area contributed by atoms with Crippen LogP contribution in [-0.4, -0.2) is 47.9 Å². The van der Waals surface area contributed by atoms with Crippen LogP contribution in [0.1, 0.15) is 24.1 Å². The molecule has 0 bridgehead atoms. The van der Waals surface area contributed by atoms with E-state index in [1.807, 2.05) is 19.9 Å². The summed E-state index contributed by atoms with van der Waals surface area (Å²) < 4.78 is 35.9. The Morgan fingerprint density at radius 1 is 1.10 bits per heavy atom. The molecule has 0 unspecified atom stereocenters. The number of nitrogens with one attached hydrogen (secondary N) is 2. The molecule has 0 radical (unpaired) electrons. The van der Waals surface area contributed by atoms with Crippen LogP contribution >= 0.6 is 15.9 Å². The van der Waals surface area contributed by atoms with Gasteiger partial charge in [-0.15, -0.1) is 0 Å². The number of hydrogen-bond acceptors (Lipinski definition) is 7. The summed E-state index contributed by atoms with van der Waals surface area (Å²) in [5, 5.41) is 7.58. The van der Waals surface area contributed by atoms with Crippen molar-refractivity contribution in [3.63, 3.8) is 0 Å². The van der Waals surface area contributed by atoms with Gasteiger partial charge < -0.3 is 10.1 Å². The third-order valence-corrected chi connectivity index (χ3v) is 6.24. The third kappa shape index (κ3) is 5.81. The Kier molecular flexibility index (Phi) is 7.29. The maximum absolute atomic E-state index is 12.7. The van der Waals surface area contributed by atoms with Crippen LogP contribution in [-0.2, 0) is 10.0 Å². The van der Waals surface area contributed by atoms with Gasteiger partial charge in [-0.3, -0.25) is 0 Å². The molecule has 0 saturated heterocycles. The van der Waals surface area contributed by atoms with Crippen LogP contribution in [0.15, 0.2) is 39.7 Å². The molecular formula is C20H25BrN6O3S. The van der Waals surface area contributed by atoms with Gasteiger partial charge >= 0.3 is 0 Å². The molecule has 2 aromatic heterocycles. The average molecular weight is 509 g/mol. The van der Waals surface area contributed by atoms with Gasteiger partial charge in [0.2, 0.25) is 10.0 Å². The van der Waals surface area contributed by atoms with E-state index in [0.29, 0.717) is 40.8 Å². The van der Waals surface area contributed by atoms with Crippen molar-refractivity contribution in [2.45, 2.75) is 32.6 Å². The number of hydrogen-bond donors (Lipinski definition) is 2.